The Labute approximate surface area is 144 Å². The molecule has 2 amide bonds. The van der Waals surface area contributed by atoms with Crippen LogP contribution in [0.3, 0.4) is 0 Å². The summed E-state index contributed by atoms with van der Waals surface area (Å²) in [6, 6.07) is 12.9. The molecule has 4 nitrogen and oxygen atoms in total. The molecule has 0 radical (unpaired) electrons. The van der Waals surface area contributed by atoms with Gasteiger partial charge in [-0.1, -0.05) is 43.2 Å². The first-order chi connectivity index (χ1) is 11.6. The van der Waals surface area contributed by atoms with Crippen LogP contribution in [-0.4, -0.2) is 22.0 Å². The van der Waals surface area contributed by atoms with E-state index in [1.54, 1.807) is 0 Å². The van der Waals surface area contributed by atoms with Gasteiger partial charge in [0.15, 0.2) is 0 Å². The van der Waals surface area contributed by atoms with Crippen molar-refractivity contribution in [3.8, 4) is 0 Å². The Morgan fingerprint density at radius 3 is 2.58 bits per heavy atom. The van der Waals surface area contributed by atoms with Crippen LogP contribution in [0.15, 0.2) is 36.4 Å². The average molecular weight is 325 g/mol. The van der Waals surface area contributed by atoms with E-state index in [1.807, 2.05) is 4.90 Å². The first-order valence-corrected chi connectivity index (χ1v) is 8.86. The Bertz CT molecular complexity index is 702. The molecule has 0 saturated carbocycles. The molecule has 24 heavy (non-hydrogen) atoms. The number of urea groups is 1. The fourth-order valence-electron chi connectivity index (χ4n) is 3.51. The zero-order valence-electron chi connectivity index (χ0n) is 14.9. The SMILES string of the molecule is CCC[C@@H]1c2ccc(C)n2CCN1C(=O)NCc1ccc(C)cc1. The lowest BCUT2D eigenvalue weighted by molar-refractivity contribution is 0.150. The number of aryl methyl sites for hydroxylation is 2. The maximum atomic E-state index is 12.7. The number of nitrogens with one attached hydrogen (secondary N) is 1. The molecule has 0 unspecified atom stereocenters. The Kier molecular flexibility index (Phi) is 4.93. The van der Waals surface area contributed by atoms with E-state index in [2.05, 4.69) is 67.1 Å². The Morgan fingerprint density at radius 2 is 1.88 bits per heavy atom. The van der Waals surface area contributed by atoms with Crippen molar-refractivity contribution in [1.29, 1.82) is 0 Å². The van der Waals surface area contributed by atoms with Crippen LogP contribution < -0.4 is 5.32 Å². The summed E-state index contributed by atoms with van der Waals surface area (Å²) in [5.74, 6) is 0. The van der Waals surface area contributed by atoms with Gasteiger partial charge in [-0.2, -0.15) is 0 Å². The average Bonchev–Trinajstić information content (AvgIpc) is 2.96. The zero-order chi connectivity index (χ0) is 17.1. The quantitative estimate of drug-likeness (QED) is 0.900. The van der Waals surface area contributed by atoms with Crippen molar-refractivity contribution in [1.82, 2.24) is 14.8 Å². The van der Waals surface area contributed by atoms with Gasteiger partial charge in [0.25, 0.3) is 0 Å². The van der Waals surface area contributed by atoms with Crippen molar-refractivity contribution in [2.24, 2.45) is 0 Å². The third-order valence-corrected chi connectivity index (χ3v) is 4.90. The second-order valence-electron chi connectivity index (χ2n) is 6.69. The van der Waals surface area contributed by atoms with Crippen LogP contribution in [0.1, 0.15) is 48.3 Å². The predicted octanol–water partition coefficient (Wildman–Crippen LogP) is 4.17. The third kappa shape index (κ3) is 3.32. The number of fused-ring (bicyclic) bond motifs is 1. The molecule has 2 heterocycles. The molecule has 1 aliphatic heterocycles. The molecule has 0 spiro atoms. The number of nitrogens with zero attached hydrogens (tertiary/aromatic N) is 2. The number of carbonyl (C=O) groups is 1. The Balaban J connectivity index is 1.70. The number of hydrogen-bond donors (Lipinski definition) is 1. The van der Waals surface area contributed by atoms with E-state index in [1.165, 1.54) is 17.0 Å². The van der Waals surface area contributed by atoms with Crippen LogP contribution >= 0.6 is 0 Å². The van der Waals surface area contributed by atoms with Crippen LogP contribution in [0.2, 0.25) is 0 Å². The molecule has 0 saturated heterocycles. The van der Waals surface area contributed by atoms with Gasteiger partial charge in [-0.05, 0) is 38.0 Å². The van der Waals surface area contributed by atoms with Gasteiger partial charge < -0.3 is 14.8 Å². The molecule has 0 aliphatic carbocycles. The summed E-state index contributed by atoms with van der Waals surface area (Å²) in [6.07, 6.45) is 2.07. The highest BCUT2D eigenvalue weighted by Gasteiger charge is 2.30. The van der Waals surface area contributed by atoms with Crippen molar-refractivity contribution in [3.05, 3.63) is 58.9 Å². The first kappa shape index (κ1) is 16.6. The minimum Gasteiger partial charge on any atom is -0.345 e. The molecule has 4 heteroatoms. The summed E-state index contributed by atoms with van der Waals surface area (Å²) in [6.45, 7) is 8.62. The van der Waals surface area contributed by atoms with E-state index >= 15 is 0 Å². The van der Waals surface area contributed by atoms with Crippen molar-refractivity contribution in [3.63, 3.8) is 0 Å². The van der Waals surface area contributed by atoms with Gasteiger partial charge in [-0.15, -0.1) is 0 Å². The zero-order valence-corrected chi connectivity index (χ0v) is 14.9. The van der Waals surface area contributed by atoms with Gasteiger partial charge in [-0.3, -0.25) is 0 Å². The highest BCUT2D eigenvalue weighted by molar-refractivity contribution is 5.75. The number of hydrogen-bond acceptors (Lipinski definition) is 1. The molecule has 2 aromatic rings. The standard InChI is InChI=1S/C20H27N3O/c1-4-5-18-19-11-8-16(3)22(19)12-13-23(18)20(24)21-14-17-9-6-15(2)7-10-17/h6-11,18H,4-5,12-14H2,1-3H3,(H,21,24)/t18-/m1/s1. The van der Waals surface area contributed by atoms with E-state index in [-0.39, 0.29) is 12.1 Å². The molecular weight excluding hydrogens is 298 g/mol. The number of amides is 2. The van der Waals surface area contributed by atoms with E-state index < -0.39 is 0 Å². The van der Waals surface area contributed by atoms with Crippen molar-refractivity contribution in [2.45, 2.75) is 52.7 Å². The van der Waals surface area contributed by atoms with Gasteiger partial charge in [0.2, 0.25) is 0 Å². The number of benzene rings is 1. The number of carbonyl (C=O) groups excluding carboxylic acids is 1. The van der Waals surface area contributed by atoms with Crippen molar-refractivity contribution in [2.75, 3.05) is 6.54 Å². The smallest absolute Gasteiger partial charge is 0.318 e. The molecule has 1 atom stereocenters. The van der Waals surface area contributed by atoms with Crippen LogP contribution in [0.4, 0.5) is 4.79 Å². The molecule has 1 N–H and O–H groups in total. The summed E-state index contributed by atoms with van der Waals surface area (Å²) in [5.41, 5.74) is 4.93. The first-order valence-electron chi connectivity index (χ1n) is 8.86. The maximum Gasteiger partial charge on any atom is 0.318 e. The summed E-state index contributed by atoms with van der Waals surface area (Å²) in [4.78, 5) is 14.8. The van der Waals surface area contributed by atoms with E-state index in [0.717, 1.165) is 31.5 Å². The van der Waals surface area contributed by atoms with Gasteiger partial charge in [-0.25, -0.2) is 4.79 Å². The predicted molar refractivity (Wildman–Crippen MR) is 96.9 cm³/mol. The van der Waals surface area contributed by atoms with E-state index in [4.69, 9.17) is 0 Å². The number of rotatable bonds is 4. The fourth-order valence-corrected chi connectivity index (χ4v) is 3.51. The molecule has 1 aromatic carbocycles. The molecule has 1 aliphatic rings. The minimum absolute atomic E-state index is 0.0409. The summed E-state index contributed by atoms with van der Waals surface area (Å²) in [5, 5.41) is 3.09. The van der Waals surface area contributed by atoms with Crippen molar-refractivity contribution >= 4 is 6.03 Å². The van der Waals surface area contributed by atoms with Gasteiger partial charge in [0, 0.05) is 31.0 Å². The highest BCUT2D eigenvalue weighted by atomic mass is 16.2. The minimum atomic E-state index is 0.0409. The van der Waals surface area contributed by atoms with Gasteiger partial charge in [0.05, 0.1) is 6.04 Å². The monoisotopic (exact) mass is 325 g/mol. The fraction of sp³-hybridized carbons (Fsp3) is 0.450. The summed E-state index contributed by atoms with van der Waals surface area (Å²) in [7, 11) is 0. The lowest BCUT2D eigenvalue weighted by Gasteiger charge is -2.37. The largest absolute Gasteiger partial charge is 0.345 e. The number of aromatic nitrogens is 1. The molecular formula is C20H27N3O. The van der Waals surface area contributed by atoms with E-state index in [0.29, 0.717) is 6.54 Å². The summed E-state index contributed by atoms with van der Waals surface area (Å²) < 4.78 is 2.35. The van der Waals surface area contributed by atoms with Crippen LogP contribution in [-0.2, 0) is 13.1 Å². The topological polar surface area (TPSA) is 37.3 Å². The highest BCUT2D eigenvalue weighted by Crippen LogP contribution is 2.31. The third-order valence-electron chi connectivity index (χ3n) is 4.90. The Morgan fingerprint density at radius 1 is 1.12 bits per heavy atom. The molecule has 0 fully saturated rings. The maximum absolute atomic E-state index is 12.7. The van der Waals surface area contributed by atoms with Gasteiger partial charge in [0.1, 0.15) is 0 Å². The lowest BCUT2D eigenvalue weighted by Crippen LogP contribution is -2.46. The second-order valence-corrected chi connectivity index (χ2v) is 6.69. The lowest BCUT2D eigenvalue weighted by atomic mass is 10.0. The second kappa shape index (κ2) is 7.12. The van der Waals surface area contributed by atoms with E-state index in [9.17, 15) is 4.79 Å². The van der Waals surface area contributed by atoms with Crippen molar-refractivity contribution < 1.29 is 4.79 Å². The van der Waals surface area contributed by atoms with Crippen LogP contribution in [0.5, 0.6) is 0 Å². The van der Waals surface area contributed by atoms with Crippen LogP contribution in [0, 0.1) is 13.8 Å². The van der Waals surface area contributed by atoms with Crippen LogP contribution in [0.25, 0.3) is 0 Å². The normalized spacial score (nSPS) is 16.8. The molecule has 1 aromatic heterocycles. The van der Waals surface area contributed by atoms with Gasteiger partial charge >= 0.3 is 6.03 Å². The molecule has 0 bridgehead atoms. The Hall–Kier alpha value is -2.23. The summed E-state index contributed by atoms with van der Waals surface area (Å²) >= 11 is 0. The molecule has 3 rings (SSSR count). The molecule has 128 valence electrons.